The molecule has 0 unspecified atom stereocenters. The van der Waals surface area contributed by atoms with Crippen molar-refractivity contribution in [2.45, 2.75) is 0 Å². The summed E-state index contributed by atoms with van der Waals surface area (Å²) >= 11 is 0. The number of aromatic carboxylic acids is 2. The fourth-order valence-corrected chi connectivity index (χ4v) is 1.85. The predicted octanol–water partition coefficient (Wildman–Crippen LogP) is 2.20. The quantitative estimate of drug-likeness (QED) is 0.647. The van der Waals surface area contributed by atoms with Gasteiger partial charge in [0.2, 0.25) is 6.08 Å². The molecule has 2 aromatic carbocycles. The largest absolute Gasteiger partial charge is 0.478 e. The van der Waals surface area contributed by atoms with Gasteiger partial charge in [-0.3, -0.25) is 0 Å². The SMILES string of the molecule is O=C=Nc1cc(C(=O)O)c2cccc(C(=O)O)c2c1. The Morgan fingerprint density at radius 2 is 1.68 bits per heavy atom. The molecule has 2 aromatic rings. The molecule has 2 rings (SSSR count). The molecule has 0 fully saturated rings. The Hall–Kier alpha value is -2.98. The van der Waals surface area contributed by atoms with Crippen LogP contribution in [-0.2, 0) is 4.79 Å². The van der Waals surface area contributed by atoms with Crippen LogP contribution in [0.5, 0.6) is 0 Å². The van der Waals surface area contributed by atoms with Gasteiger partial charge in [0.05, 0.1) is 16.8 Å². The Morgan fingerprint density at radius 3 is 2.26 bits per heavy atom. The van der Waals surface area contributed by atoms with Crippen LogP contribution in [0, 0.1) is 0 Å². The van der Waals surface area contributed by atoms with Crippen LogP contribution in [0.3, 0.4) is 0 Å². The van der Waals surface area contributed by atoms with Crippen molar-refractivity contribution in [1.82, 2.24) is 0 Å². The molecule has 0 amide bonds. The molecule has 0 aromatic heterocycles. The Bertz CT molecular complexity index is 744. The lowest BCUT2D eigenvalue weighted by atomic mass is 9.99. The van der Waals surface area contributed by atoms with Crippen LogP contribution in [0.1, 0.15) is 20.7 Å². The number of carboxylic acids is 2. The van der Waals surface area contributed by atoms with Crippen LogP contribution >= 0.6 is 0 Å². The van der Waals surface area contributed by atoms with Gasteiger partial charge in [-0.1, -0.05) is 12.1 Å². The summed E-state index contributed by atoms with van der Waals surface area (Å²) in [5.74, 6) is -2.41. The molecule has 0 bridgehead atoms. The smallest absolute Gasteiger partial charge is 0.336 e. The Morgan fingerprint density at radius 1 is 1.00 bits per heavy atom. The van der Waals surface area contributed by atoms with Gasteiger partial charge in [-0.2, -0.15) is 4.99 Å². The predicted molar refractivity (Wildman–Crippen MR) is 65.6 cm³/mol. The van der Waals surface area contributed by atoms with Crippen LogP contribution < -0.4 is 0 Å². The topological polar surface area (TPSA) is 104 Å². The van der Waals surface area contributed by atoms with Crippen molar-refractivity contribution in [2.24, 2.45) is 4.99 Å². The zero-order valence-corrected chi connectivity index (χ0v) is 9.45. The molecule has 0 aliphatic heterocycles. The Balaban J connectivity index is 2.94. The molecule has 0 saturated heterocycles. The van der Waals surface area contributed by atoms with E-state index in [9.17, 15) is 14.4 Å². The Labute approximate surface area is 106 Å². The minimum Gasteiger partial charge on any atom is -0.478 e. The number of hydrogen-bond donors (Lipinski definition) is 2. The average molecular weight is 257 g/mol. The fourth-order valence-electron chi connectivity index (χ4n) is 1.85. The first kappa shape index (κ1) is 12.5. The van der Waals surface area contributed by atoms with Gasteiger partial charge >= 0.3 is 11.9 Å². The second kappa shape index (κ2) is 4.72. The highest BCUT2D eigenvalue weighted by Gasteiger charge is 2.15. The number of benzene rings is 2. The van der Waals surface area contributed by atoms with Crippen LogP contribution in [-0.4, -0.2) is 28.2 Å². The van der Waals surface area contributed by atoms with Crippen molar-refractivity contribution in [2.75, 3.05) is 0 Å². The molecule has 0 atom stereocenters. The van der Waals surface area contributed by atoms with Gasteiger partial charge in [-0.05, 0) is 29.0 Å². The number of aliphatic imine (C=N–C) groups is 1. The van der Waals surface area contributed by atoms with Crippen LogP contribution in [0.4, 0.5) is 5.69 Å². The summed E-state index contributed by atoms with van der Waals surface area (Å²) in [6, 6.07) is 6.85. The molecular weight excluding hydrogens is 250 g/mol. The molecule has 6 nitrogen and oxygen atoms in total. The van der Waals surface area contributed by atoms with E-state index in [1.165, 1.54) is 36.4 Å². The molecule has 94 valence electrons. The number of hydrogen-bond acceptors (Lipinski definition) is 4. The lowest BCUT2D eigenvalue weighted by Gasteiger charge is -2.06. The average Bonchev–Trinajstić information content (AvgIpc) is 2.37. The lowest BCUT2D eigenvalue weighted by Crippen LogP contribution is -2.01. The van der Waals surface area contributed by atoms with Gasteiger partial charge in [0, 0.05) is 0 Å². The van der Waals surface area contributed by atoms with Crippen LogP contribution in [0.15, 0.2) is 35.3 Å². The third-order valence-corrected chi connectivity index (χ3v) is 2.62. The van der Waals surface area contributed by atoms with E-state index in [-0.39, 0.29) is 27.6 Å². The van der Waals surface area contributed by atoms with Gasteiger partial charge in [0.15, 0.2) is 0 Å². The molecule has 0 heterocycles. The maximum Gasteiger partial charge on any atom is 0.336 e. The van der Waals surface area contributed by atoms with Crippen molar-refractivity contribution in [3.05, 3.63) is 41.5 Å². The Kier molecular flexibility index (Phi) is 3.10. The van der Waals surface area contributed by atoms with Crippen molar-refractivity contribution in [3.8, 4) is 0 Å². The summed E-state index contributed by atoms with van der Waals surface area (Å²) < 4.78 is 0. The molecule has 0 aliphatic rings. The van der Waals surface area contributed by atoms with Crippen molar-refractivity contribution >= 4 is 34.5 Å². The van der Waals surface area contributed by atoms with E-state index in [1.54, 1.807) is 0 Å². The van der Waals surface area contributed by atoms with Gasteiger partial charge in [0.1, 0.15) is 0 Å². The molecule has 0 aliphatic carbocycles. The second-order valence-corrected chi connectivity index (χ2v) is 3.71. The maximum atomic E-state index is 11.2. The molecule has 19 heavy (non-hydrogen) atoms. The normalized spacial score (nSPS) is 9.89. The lowest BCUT2D eigenvalue weighted by molar-refractivity contribution is 0.0686. The highest BCUT2D eigenvalue weighted by molar-refractivity contribution is 6.11. The molecule has 6 heteroatoms. The minimum atomic E-state index is -1.23. The van der Waals surface area contributed by atoms with Crippen molar-refractivity contribution in [1.29, 1.82) is 0 Å². The van der Waals surface area contributed by atoms with Gasteiger partial charge in [0.25, 0.3) is 0 Å². The third-order valence-electron chi connectivity index (χ3n) is 2.62. The third kappa shape index (κ3) is 2.20. The van der Waals surface area contributed by atoms with E-state index in [0.29, 0.717) is 0 Å². The molecular formula is C13H7NO5. The number of carboxylic acid groups (broad SMARTS) is 2. The summed E-state index contributed by atoms with van der Waals surface area (Å²) in [7, 11) is 0. The summed E-state index contributed by atoms with van der Waals surface area (Å²) in [4.78, 5) is 35.9. The first-order valence-electron chi connectivity index (χ1n) is 5.16. The molecule has 0 saturated carbocycles. The molecule has 0 radical (unpaired) electrons. The molecule has 2 N–H and O–H groups in total. The van der Waals surface area contributed by atoms with Gasteiger partial charge in [-0.25, -0.2) is 14.4 Å². The first-order chi connectivity index (χ1) is 9.04. The summed E-state index contributed by atoms with van der Waals surface area (Å²) in [6.45, 7) is 0. The number of rotatable bonds is 3. The van der Waals surface area contributed by atoms with E-state index in [4.69, 9.17) is 10.2 Å². The summed E-state index contributed by atoms with van der Waals surface area (Å²) in [5, 5.41) is 18.7. The van der Waals surface area contributed by atoms with E-state index < -0.39 is 11.9 Å². The minimum absolute atomic E-state index is 0.0496. The number of carbonyl (C=O) groups excluding carboxylic acids is 1. The van der Waals surface area contributed by atoms with E-state index in [2.05, 4.69) is 4.99 Å². The summed E-state index contributed by atoms with van der Waals surface area (Å²) in [6.07, 6.45) is 1.30. The monoisotopic (exact) mass is 257 g/mol. The fraction of sp³-hybridized carbons (Fsp3) is 0. The highest BCUT2D eigenvalue weighted by Crippen LogP contribution is 2.28. The van der Waals surface area contributed by atoms with Crippen molar-refractivity contribution in [3.63, 3.8) is 0 Å². The number of nitrogens with zero attached hydrogens (tertiary/aromatic N) is 1. The van der Waals surface area contributed by atoms with Crippen LogP contribution in [0.2, 0.25) is 0 Å². The van der Waals surface area contributed by atoms with E-state index in [0.717, 1.165) is 0 Å². The van der Waals surface area contributed by atoms with Gasteiger partial charge in [-0.15, -0.1) is 0 Å². The van der Waals surface area contributed by atoms with Gasteiger partial charge < -0.3 is 10.2 Å². The highest BCUT2D eigenvalue weighted by atomic mass is 16.4. The zero-order chi connectivity index (χ0) is 14.0. The van der Waals surface area contributed by atoms with Crippen LogP contribution in [0.25, 0.3) is 10.8 Å². The second-order valence-electron chi connectivity index (χ2n) is 3.71. The maximum absolute atomic E-state index is 11.2. The van der Waals surface area contributed by atoms with Crippen molar-refractivity contribution < 1.29 is 24.6 Å². The number of isocyanates is 1. The summed E-state index contributed by atoms with van der Waals surface area (Å²) in [5.41, 5.74) is -0.119. The molecule has 0 spiro atoms. The standard InChI is InChI=1S/C13H7NO5/c15-6-14-7-4-10-8(11(5-7)13(18)19)2-1-3-9(10)12(16)17/h1-5H,(H,16,17)(H,18,19). The first-order valence-corrected chi connectivity index (χ1v) is 5.16. The number of carbonyl (C=O) groups is 2. The zero-order valence-electron chi connectivity index (χ0n) is 9.45. The van der Waals surface area contributed by atoms with E-state index >= 15 is 0 Å². The number of fused-ring (bicyclic) bond motifs is 1. The van der Waals surface area contributed by atoms with E-state index in [1.807, 2.05) is 0 Å².